The van der Waals surface area contributed by atoms with Crippen molar-refractivity contribution in [3.63, 3.8) is 0 Å². The smallest absolute Gasteiger partial charge is 0.337 e. The first-order valence-electron chi connectivity index (χ1n) is 10.00. The van der Waals surface area contributed by atoms with Crippen molar-refractivity contribution in [1.82, 2.24) is 4.57 Å². The monoisotopic (exact) mass is 469 g/mol. The van der Waals surface area contributed by atoms with Crippen molar-refractivity contribution in [2.45, 2.75) is 13.5 Å². The standard InChI is InChI=1S/C24H23NO7S/c1-4-32-22(27)13-21-25(14-15-5-8-17(9-6-15)24(29)31-3)23(28)20(33-21)12-16-7-10-19(30-2)18(26)11-16/h5-13,26H,4,14H2,1-3H3/b20-12-,21-13-. The van der Waals surface area contributed by atoms with Crippen LogP contribution in [0.3, 0.4) is 0 Å². The van der Waals surface area contributed by atoms with Crippen LogP contribution in [0.15, 0.2) is 47.3 Å². The van der Waals surface area contributed by atoms with Gasteiger partial charge in [-0.15, -0.1) is 11.3 Å². The molecule has 0 amide bonds. The van der Waals surface area contributed by atoms with E-state index in [0.29, 0.717) is 26.1 Å². The Morgan fingerprint density at radius 2 is 1.85 bits per heavy atom. The molecule has 0 spiro atoms. The number of rotatable bonds is 7. The summed E-state index contributed by atoms with van der Waals surface area (Å²) in [7, 11) is 2.75. The van der Waals surface area contributed by atoms with Gasteiger partial charge in [0.05, 0.1) is 43.5 Å². The summed E-state index contributed by atoms with van der Waals surface area (Å²) in [5, 5.41) is 10.0. The molecule has 172 valence electrons. The molecule has 1 N–H and O–H groups in total. The maximum atomic E-state index is 13.2. The van der Waals surface area contributed by atoms with Crippen LogP contribution in [0.4, 0.5) is 0 Å². The van der Waals surface area contributed by atoms with Crippen molar-refractivity contribution >= 4 is 35.4 Å². The molecule has 0 fully saturated rings. The zero-order chi connectivity index (χ0) is 24.0. The SMILES string of the molecule is CCOC(=O)/C=c1\s/c(=C\c2ccc(OC)c(O)c2)c(=O)n1Cc1ccc(C(=O)OC)cc1. The van der Waals surface area contributed by atoms with Gasteiger partial charge in [0.2, 0.25) is 0 Å². The number of carbonyl (C=O) groups is 2. The Morgan fingerprint density at radius 1 is 1.12 bits per heavy atom. The van der Waals surface area contributed by atoms with Crippen LogP contribution in [-0.4, -0.2) is 42.4 Å². The van der Waals surface area contributed by atoms with Crippen LogP contribution in [0.2, 0.25) is 0 Å². The van der Waals surface area contributed by atoms with Gasteiger partial charge in [-0.25, -0.2) is 9.59 Å². The van der Waals surface area contributed by atoms with Gasteiger partial charge in [-0.05, 0) is 48.4 Å². The van der Waals surface area contributed by atoms with E-state index in [4.69, 9.17) is 14.2 Å². The topological polar surface area (TPSA) is 104 Å². The summed E-state index contributed by atoms with van der Waals surface area (Å²) in [4.78, 5) is 36.9. The van der Waals surface area contributed by atoms with Crippen molar-refractivity contribution in [1.29, 1.82) is 0 Å². The Kier molecular flexibility index (Phi) is 7.68. The Morgan fingerprint density at radius 3 is 2.45 bits per heavy atom. The average molecular weight is 470 g/mol. The third-order valence-electron chi connectivity index (χ3n) is 4.68. The Hall–Kier alpha value is -3.85. The van der Waals surface area contributed by atoms with Crippen LogP contribution in [0, 0.1) is 0 Å². The van der Waals surface area contributed by atoms with E-state index in [1.807, 2.05) is 0 Å². The molecule has 0 atom stereocenters. The van der Waals surface area contributed by atoms with Gasteiger partial charge >= 0.3 is 11.9 Å². The van der Waals surface area contributed by atoms with E-state index in [0.717, 1.165) is 16.9 Å². The first-order chi connectivity index (χ1) is 15.9. The van der Waals surface area contributed by atoms with Crippen LogP contribution in [0.5, 0.6) is 11.5 Å². The van der Waals surface area contributed by atoms with Crippen molar-refractivity contribution in [3.05, 3.63) is 78.7 Å². The van der Waals surface area contributed by atoms with Gasteiger partial charge < -0.3 is 19.3 Å². The van der Waals surface area contributed by atoms with E-state index >= 15 is 0 Å². The first kappa shape index (κ1) is 23.8. The molecule has 0 bridgehead atoms. The number of benzene rings is 2. The highest BCUT2D eigenvalue weighted by molar-refractivity contribution is 7.07. The maximum Gasteiger partial charge on any atom is 0.337 e. The number of hydrogen-bond acceptors (Lipinski definition) is 8. The van der Waals surface area contributed by atoms with Gasteiger partial charge in [-0.1, -0.05) is 18.2 Å². The second-order valence-electron chi connectivity index (χ2n) is 6.86. The number of phenolic OH excluding ortho intramolecular Hbond substituents is 1. The predicted octanol–water partition coefficient (Wildman–Crippen LogP) is 1.63. The van der Waals surface area contributed by atoms with E-state index in [1.54, 1.807) is 49.4 Å². The number of hydrogen-bond donors (Lipinski definition) is 1. The lowest BCUT2D eigenvalue weighted by atomic mass is 10.1. The molecule has 0 unspecified atom stereocenters. The van der Waals surface area contributed by atoms with Gasteiger partial charge in [0, 0.05) is 0 Å². The van der Waals surface area contributed by atoms with Gasteiger partial charge in [0.1, 0.15) is 4.66 Å². The second-order valence-corrected chi connectivity index (χ2v) is 7.92. The predicted molar refractivity (Wildman–Crippen MR) is 124 cm³/mol. The third kappa shape index (κ3) is 5.69. The lowest BCUT2D eigenvalue weighted by molar-refractivity contribution is -0.135. The minimum atomic E-state index is -0.554. The summed E-state index contributed by atoms with van der Waals surface area (Å²) in [6.45, 7) is 2.10. The highest BCUT2D eigenvalue weighted by atomic mass is 32.1. The maximum absolute atomic E-state index is 13.2. The summed E-state index contributed by atoms with van der Waals surface area (Å²) in [5.74, 6) is -0.734. The normalized spacial score (nSPS) is 12.0. The molecule has 0 aliphatic carbocycles. The largest absolute Gasteiger partial charge is 0.504 e. The average Bonchev–Trinajstić information content (AvgIpc) is 3.08. The van der Waals surface area contributed by atoms with Crippen LogP contribution in [0.25, 0.3) is 12.2 Å². The minimum absolute atomic E-state index is 0.0489. The fourth-order valence-corrected chi connectivity index (χ4v) is 4.10. The molecular formula is C24H23NO7S. The molecule has 9 heteroatoms. The van der Waals surface area contributed by atoms with Crippen LogP contribution in [0.1, 0.15) is 28.4 Å². The van der Waals surface area contributed by atoms with E-state index in [1.165, 1.54) is 30.9 Å². The van der Waals surface area contributed by atoms with Crippen molar-refractivity contribution in [2.24, 2.45) is 0 Å². The van der Waals surface area contributed by atoms with Crippen molar-refractivity contribution in [2.75, 3.05) is 20.8 Å². The van der Waals surface area contributed by atoms with E-state index in [9.17, 15) is 19.5 Å². The number of thiazole rings is 1. The second kappa shape index (κ2) is 10.6. The molecule has 33 heavy (non-hydrogen) atoms. The van der Waals surface area contributed by atoms with Gasteiger partial charge in [0.25, 0.3) is 5.56 Å². The van der Waals surface area contributed by atoms with Crippen LogP contribution < -0.4 is 19.5 Å². The molecule has 0 saturated carbocycles. The number of nitrogens with zero attached hydrogens (tertiary/aromatic N) is 1. The fourth-order valence-electron chi connectivity index (χ4n) is 3.07. The van der Waals surface area contributed by atoms with Gasteiger partial charge in [-0.2, -0.15) is 0 Å². The zero-order valence-electron chi connectivity index (χ0n) is 18.4. The highest BCUT2D eigenvalue weighted by Gasteiger charge is 2.10. The molecule has 3 rings (SSSR count). The molecule has 3 aromatic rings. The molecule has 8 nitrogen and oxygen atoms in total. The summed E-state index contributed by atoms with van der Waals surface area (Å²) in [5.41, 5.74) is 1.45. The quantitative estimate of drug-likeness (QED) is 0.525. The number of methoxy groups -OCH3 is 2. The molecule has 2 aromatic carbocycles. The highest BCUT2D eigenvalue weighted by Crippen LogP contribution is 2.26. The number of phenols is 1. The molecule has 0 saturated heterocycles. The lowest BCUT2D eigenvalue weighted by Crippen LogP contribution is -2.32. The summed E-state index contributed by atoms with van der Waals surface area (Å²) in [6.07, 6.45) is 2.91. The molecular weight excluding hydrogens is 446 g/mol. The molecule has 0 aliphatic rings. The minimum Gasteiger partial charge on any atom is -0.504 e. The van der Waals surface area contributed by atoms with Gasteiger partial charge in [-0.3, -0.25) is 9.36 Å². The number of aromatic nitrogens is 1. The molecule has 0 aliphatic heterocycles. The van der Waals surface area contributed by atoms with E-state index in [2.05, 4.69) is 0 Å². The molecule has 1 aromatic heterocycles. The number of aromatic hydroxyl groups is 1. The first-order valence-corrected chi connectivity index (χ1v) is 10.8. The summed E-state index contributed by atoms with van der Waals surface area (Å²) < 4.78 is 17.0. The lowest BCUT2D eigenvalue weighted by Gasteiger charge is -2.05. The number of carbonyl (C=O) groups excluding carboxylic acids is 2. The Bertz CT molecular complexity index is 1340. The number of ether oxygens (including phenoxy) is 3. The van der Waals surface area contributed by atoms with Crippen LogP contribution in [-0.2, 0) is 20.8 Å². The number of esters is 2. The molecule has 1 heterocycles. The summed E-state index contributed by atoms with van der Waals surface area (Å²) >= 11 is 1.13. The van der Waals surface area contributed by atoms with E-state index in [-0.39, 0.29) is 24.5 Å². The van der Waals surface area contributed by atoms with Crippen LogP contribution >= 0.6 is 11.3 Å². The van der Waals surface area contributed by atoms with Crippen molar-refractivity contribution in [3.8, 4) is 11.5 Å². The van der Waals surface area contributed by atoms with Crippen molar-refractivity contribution < 1.29 is 28.9 Å². The third-order valence-corrected chi connectivity index (χ3v) is 5.74. The Balaban J connectivity index is 2.07. The zero-order valence-corrected chi connectivity index (χ0v) is 19.2. The Labute approximate surface area is 193 Å². The molecule has 0 radical (unpaired) electrons. The fraction of sp³-hybridized carbons (Fsp3) is 0.208. The van der Waals surface area contributed by atoms with Gasteiger partial charge in [0.15, 0.2) is 11.5 Å². The van der Waals surface area contributed by atoms with E-state index < -0.39 is 11.9 Å². The summed E-state index contributed by atoms with van der Waals surface area (Å²) in [6, 6.07) is 11.5.